The lowest BCUT2D eigenvalue weighted by Gasteiger charge is -1.83. The average Bonchev–Trinajstić information content (AvgIpc) is 2.31. The van der Waals surface area contributed by atoms with Crippen LogP contribution in [-0.2, 0) is 6.54 Å². The van der Waals surface area contributed by atoms with Crippen molar-refractivity contribution in [3.8, 4) is 0 Å². The highest BCUT2D eigenvalue weighted by Gasteiger charge is 1.94. The Hall–Kier alpha value is -1.61. The van der Waals surface area contributed by atoms with Crippen molar-refractivity contribution in [2.24, 2.45) is 5.11 Å². The van der Waals surface area contributed by atoms with Gasteiger partial charge in [-0.1, -0.05) is 5.11 Å². The average molecular weight is 138 g/mol. The van der Waals surface area contributed by atoms with Gasteiger partial charge in [0, 0.05) is 11.0 Å². The largest absolute Gasteiger partial charge is 0.446 e. The summed E-state index contributed by atoms with van der Waals surface area (Å²) in [6.45, 7) is 0.216. The molecular weight excluding hydrogens is 132 g/mol. The highest BCUT2D eigenvalue weighted by atomic mass is 16.4. The quantitative estimate of drug-likeness (QED) is 0.382. The third-order valence-corrected chi connectivity index (χ3v) is 0.972. The summed E-state index contributed by atoms with van der Waals surface area (Å²) in [6, 6.07) is 3.28. The second-order valence-electron chi connectivity index (χ2n) is 1.69. The van der Waals surface area contributed by atoms with E-state index in [1.165, 1.54) is 0 Å². The molecule has 0 unspecified atom stereocenters. The van der Waals surface area contributed by atoms with Gasteiger partial charge in [0.2, 0.25) is 0 Å². The first-order chi connectivity index (χ1) is 4.83. The zero-order valence-electron chi connectivity index (χ0n) is 5.19. The normalized spacial score (nSPS) is 8.80. The number of nitrogens with zero attached hydrogens (tertiary/aromatic N) is 3. The van der Waals surface area contributed by atoms with Gasteiger partial charge in [0.25, 0.3) is 0 Å². The molecule has 1 rings (SSSR count). The fraction of sp³-hybridized carbons (Fsp3) is 0.200. The SMILES string of the molecule is [N-]=[N+]=NCc1ccc(N)o1. The first-order valence-electron chi connectivity index (χ1n) is 2.68. The summed E-state index contributed by atoms with van der Waals surface area (Å²) in [5.41, 5.74) is 13.2. The van der Waals surface area contributed by atoms with Crippen molar-refractivity contribution in [3.63, 3.8) is 0 Å². The number of nitrogens with two attached hydrogens (primary N) is 1. The third kappa shape index (κ3) is 1.43. The van der Waals surface area contributed by atoms with Crippen LogP contribution in [0.15, 0.2) is 21.7 Å². The molecule has 0 spiro atoms. The van der Waals surface area contributed by atoms with Gasteiger partial charge in [0.05, 0.1) is 6.54 Å². The zero-order valence-corrected chi connectivity index (χ0v) is 5.19. The number of anilines is 1. The van der Waals surface area contributed by atoms with E-state index in [1.54, 1.807) is 12.1 Å². The molecule has 0 atom stereocenters. The van der Waals surface area contributed by atoms with Gasteiger partial charge in [0.15, 0.2) is 5.88 Å². The Morgan fingerprint density at radius 2 is 2.50 bits per heavy atom. The fourth-order valence-corrected chi connectivity index (χ4v) is 0.581. The summed E-state index contributed by atoms with van der Waals surface area (Å²) in [7, 11) is 0. The molecule has 0 saturated carbocycles. The second kappa shape index (κ2) is 2.80. The summed E-state index contributed by atoms with van der Waals surface area (Å²) in [5, 5.41) is 3.29. The van der Waals surface area contributed by atoms with Crippen molar-refractivity contribution in [1.82, 2.24) is 0 Å². The Bertz CT molecular complexity index is 260. The van der Waals surface area contributed by atoms with Crippen LogP contribution in [0.5, 0.6) is 0 Å². The van der Waals surface area contributed by atoms with Crippen LogP contribution < -0.4 is 5.73 Å². The van der Waals surface area contributed by atoms with Gasteiger partial charge in [0.1, 0.15) is 5.76 Å². The number of azide groups is 1. The van der Waals surface area contributed by atoms with Crippen molar-refractivity contribution >= 4 is 5.88 Å². The maximum Gasteiger partial charge on any atom is 0.190 e. The number of furan rings is 1. The molecule has 0 saturated heterocycles. The van der Waals surface area contributed by atoms with Crippen LogP contribution in [0.4, 0.5) is 5.88 Å². The Balaban J connectivity index is 2.66. The molecule has 0 radical (unpaired) electrons. The van der Waals surface area contributed by atoms with Crippen LogP contribution in [0, 0.1) is 0 Å². The van der Waals surface area contributed by atoms with Crippen molar-refractivity contribution in [3.05, 3.63) is 28.3 Å². The Kier molecular flexibility index (Phi) is 1.82. The minimum absolute atomic E-state index is 0.216. The summed E-state index contributed by atoms with van der Waals surface area (Å²) >= 11 is 0. The molecule has 0 fully saturated rings. The lowest BCUT2D eigenvalue weighted by atomic mass is 10.5. The second-order valence-corrected chi connectivity index (χ2v) is 1.69. The molecule has 1 heterocycles. The lowest BCUT2D eigenvalue weighted by molar-refractivity contribution is 0.529. The highest BCUT2D eigenvalue weighted by molar-refractivity contribution is 5.25. The predicted molar refractivity (Wildman–Crippen MR) is 36.0 cm³/mol. The molecule has 0 aliphatic rings. The van der Waals surface area contributed by atoms with E-state index in [0.717, 1.165) is 0 Å². The van der Waals surface area contributed by atoms with Gasteiger partial charge in [-0.2, -0.15) is 0 Å². The van der Waals surface area contributed by atoms with E-state index < -0.39 is 0 Å². The van der Waals surface area contributed by atoms with E-state index in [9.17, 15) is 0 Å². The van der Waals surface area contributed by atoms with E-state index in [0.29, 0.717) is 11.6 Å². The van der Waals surface area contributed by atoms with E-state index in [4.69, 9.17) is 15.7 Å². The molecule has 1 aromatic heterocycles. The minimum atomic E-state index is 0.216. The zero-order chi connectivity index (χ0) is 7.40. The number of hydrogen-bond donors (Lipinski definition) is 1. The van der Waals surface area contributed by atoms with Gasteiger partial charge in [-0.3, -0.25) is 0 Å². The molecule has 10 heavy (non-hydrogen) atoms. The first-order valence-corrected chi connectivity index (χ1v) is 2.68. The van der Waals surface area contributed by atoms with Gasteiger partial charge in [-0.15, -0.1) is 0 Å². The third-order valence-electron chi connectivity index (χ3n) is 0.972. The highest BCUT2D eigenvalue weighted by Crippen LogP contribution is 2.09. The molecule has 0 bridgehead atoms. The number of rotatable bonds is 2. The van der Waals surface area contributed by atoms with Crippen LogP contribution in [0.25, 0.3) is 10.4 Å². The standard InChI is InChI=1S/C5H6N4O/c6-5-2-1-4(10-5)3-8-9-7/h1-2H,3,6H2. The van der Waals surface area contributed by atoms with Gasteiger partial charge in [-0.25, -0.2) is 0 Å². The van der Waals surface area contributed by atoms with E-state index in [2.05, 4.69) is 10.0 Å². The van der Waals surface area contributed by atoms with Gasteiger partial charge < -0.3 is 10.2 Å². The van der Waals surface area contributed by atoms with E-state index in [1.807, 2.05) is 0 Å². The van der Waals surface area contributed by atoms with Crippen LogP contribution in [0.3, 0.4) is 0 Å². The molecule has 5 heteroatoms. The molecule has 0 aliphatic carbocycles. The molecular formula is C5H6N4O. The molecule has 5 nitrogen and oxygen atoms in total. The molecule has 1 aromatic rings. The Morgan fingerprint density at radius 1 is 1.70 bits per heavy atom. The summed E-state index contributed by atoms with van der Waals surface area (Å²) in [5.74, 6) is 0.915. The maximum absolute atomic E-state index is 7.92. The van der Waals surface area contributed by atoms with Crippen LogP contribution in [-0.4, -0.2) is 0 Å². The van der Waals surface area contributed by atoms with Gasteiger partial charge in [-0.05, 0) is 11.6 Å². The van der Waals surface area contributed by atoms with Crippen LogP contribution >= 0.6 is 0 Å². The summed E-state index contributed by atoms with van der Waals surface area (Å²) in [6.07, 6.45) is 0. The van der Waals surface area contributed by atoms with Crippen molar-refractivity contribution in [1.29, 1.82) is 0 Å². The summed E-state index contributed by atoms with van der Waals surface area (Å²) < 4.78 is 4.90. The van der Waals surface area contributed by atoms with Gasteiger partial charge >= 0.3 is 0 Å². The van der Waals surface area contributed by atoms with Crippen molar-refractivity contribution < 1.29 is 4.42 Å². The monoisotopic (exact) mass is 138 g/mol. The van der Waals surface area contributed by atoms with Crippen LogP contribution in [0.2, 0.25) is 0 Å². The predicted octanol–water partition coefficient (Wildman–Crippen LogP) is 1.67. The van der Waals surface area contributed by atoms with E-state index >= 15 is 0 Å². The summed E-state index contributed by atoms with van der Waals surface area (Å²) in [4.78, 5) is 2.56. The minimum Gasteiger partial charge on any atom is -0.446 e. The van der Waals surface area contributed by atoms with Crippen LogP contribution in [0.1, 0.15) is 5.76 Å². The first kappa shape index (κ1) is 6.51. The number of hydrogen-bond acceptors (Lipinski definition) is 3. The molecule has 52 valence electrons. The molecule has 0 aromatic carbocycles. The molecule has 0 amide bonds. The topological polar surface area (TPSA) is 87.9 Å². The van der Waals surface area contributed by atoms with Crippen molar-refractivity contribution in [2.75, 3.05) is 5.73 Å². The fourth-order valence-electron chi connectivity index (χ4n) is 0.581. The molecule has 2 N–H and O–H groups in total. The lowest BCUT2D eigenvalue weighted by Crippen LogP contribution is -1.77. The number of nitrogen functional groups attached to an aromatic ring is 1. The Labute approximate surface area is 57.1 Å². The maximum atomic E-state index is 7.92. The smallest absolute Gasteiger partial charge is 0.190 e. The van der Waals surface area contributed by atoms with E-state index in [-0.39, 0.29) is 6.54 Å². The van der Waals surface area contributed by atoms with Crippen molar-refractivity contribution in [2.45, 2.75) is 6.54 Å². The molecule has 0 aliphatic heterocycles. The Morgan fingerprint density at radius 3 is 3.00 bits per heavy atom.